The van der Waals surface area contributed by atoms with E-state index in [9.17, 15) is 14.4 Å². The van der Waals surface area contributed by atoms with Gasteiger partial charge in [0.25, 0.3) is 5.91 Å². The fourth-order valence-corrected chi connectivity index (χ4v) is 3.02. The molecule has 1 aliphatic rings. The number of benzene rings is 1. The minimum atomic E-state index is -1.07. The highest BCUT2D eigenvalue weighted by molar-refractivity contribution is 6.07. The molecule has 1 aliphatic heterocycles. The summed E-state index contributed by atoms with van der Waals surface area (Å²) >= 11 is 0. The molecule has 0 aliphatic carbocycles. The molecule has 1 fully saturated rings. The summed E-state index contributed by atoms with van der Waals surface area (Å²) in [7, 11) is 0. The molecule has 0 bridgehead atoms. The smallest absolute Gasteiger partial charge is 0.322 e. The number of carbonyl (C=O) groups is 3. The number of amides is 4. The largest absolute Gasteiger partial charge is 0.352 e. The number of hydrogen-bond acceptors (Lipinski definition) is 4. The van der Waals surface area contributed by atoms with Crippen molar-refractivity contribution in [3.8, 4) is 0 Å². The zero-order chi connectivity index (χ0) is 18.7. The number of rotatable bonds is 7. The lowest BCUT2D eigenvalue weighted by atomic mass is 9.81. The molecule has 7 nitrogen and oxygen atoms in total. The lowest BCUT2D eigenvalue weighted by molar-refractivity contribution is -0.131. The normalized spacial score (nSPS) is 20.2. The highest BCUT2D eigenvalue weighted by Crippen LogP contribution is 2.26. The average molecular weight is 346 g/mol. The maximum Gasteiger partial charge on any atom is 0.322 e. The van der Waals surface area contributed by atoms with Crippen molar-refractivity contribution in [2.24, 2.45) is 11.1 Å². The van der Waals surface area contributed by atoms with Crippen molar-refractivity contribution in [3.05, 3.63) is 35.4 Å². The summed E-state index contributed by atoms with van der Waals surface area (Å²) in [4.78, 5) is 35.8. The van der Waals surface area contributed by atoms with E-state index >= 15 is 0 Å². The van der Waals surface area contributed by atoms with Crippen molar-refractivity contribution in [1.29, 1.82) is 0 Å². The van der Waals surface area contributed by atoms with Crippen LogP contribution in [-0.4, -0.2) is 24.4 Å². The molecule has 1 aromatic carbocycles. The molecule has 1 heterocycles. The molecule has 136 valence electrons. The Morgan fingerprint density at radius 3 is 2.24 bits per heavy atom. The van der Waals surface area contributed by atoms with Gasteiger partial charge in [0.05, 0.1) is 5.41 Å². The van der Waals surface area contributed by atoms with Gasteiger partial charge in [-0.3, -0.25) is 14.9 Å². The van der Waals surface area contributed by atoms with Gasteiger partial charge in [0.2, 0.25) is 5.91 Å². The van der Waals surface area contributed by atoms with Gasteiger partial charge in [-0.2, -0.15) is 0 Å². The van der Waals surface area contributed by atoms with Crippen molar-refractivity contribution in [2.45, 2.75) is 45.7 Å². The molecule has 0 saturated carbocycles. The van der Waals surface area contributed by atoms with Crippen LogP contribution in [0, 0.1) is 5.41 Å². The van der Waals surface area contributed by atoms with E-state index in [1.165, 1.54) is 0 Å². The van der Waals surface area contributed by atoms with Crippen LogP contribution >= 0.6 is 0 Å². The van der Waals surface area contributed by atoms with Crippen LogP contribution in [0.5, 0.6) is 0 Å². The fourth-order valence-electron chi connectivity index (χ4n) is 3.02. The molecule has 4 amide bonds. The van der Waals surface area contributed by atoms with E-state index in [4.69, 9.17) is 5.73 Å². The quantitative estimate of drug-likeness (QED) is 0.554. The lowest BCUT2D eigenvalue weighted by Crippen LogP contribution is -2.45. The van der Waals surface area contributed by atoms with Gasteiger partial charge in [-0.1, -0.05) is 38.1 Å². The Kier molecular flexibility index (Phi) is 5.47. The van der Waals surface area contributed by atoms with Crippen molar-refractivity contribution in [2.75, 3.05) is 6.54 Å². The molecular weight excluding hydrogens is 320 g/mol. The molecule has 7 heteroatoms. The number of carbonyl (C=O) groups excluding carboxylic acids is 3. The maximum atomic E-state index is 12.4. The number of urea groups is 1. The van der Waals surface area contributed by atoms with E-state index in [1.54, 1.807) is 19.1 Å². The molecule has 0 spiro atoms. The van der Waals surface area contributed by atoms with E-state index < -0.39 is 17.0 Å². The van der Waals surface area contributed by atoms with E-state index in [1.807, 2.05) is 26.0 Å². The summed E-state index contributed by atoms with van der Waals surface area (Å²) in [5.41, 5.74) is 5.79. The molecule has 0 aromatic heterocycles. The summed E-state index contributed by atoms with van der Waals surface area (Å²) < 4.78 is 0. The number of nitrogens with one attached hydrogen (secondary N) is 3. The van der Waals surface area contributed by atoms with Gasteiger partial charge in [0, 0.05) is 13.1 Å². The van der Waals surface area contributed by atoms with Crippen LogP contribution in [-0.2, 0) is 21.7 Å². The zero-order valence-corrected chi connectivity index (χ0v) is 14.9. The summed E-state index contributed by atoms with van der Waals surface area (Å²) in [5.74, 6) is -0.421. The molecular formula is C18H26N4O3. The fraction of sp³-hybridized carbons (Fsp3) is 0.500. The Hall–Kier alpha value is -2.41. The number of nitrogens with two attached hydrogens (primary N) is 1. The topological polar surface area (TPSA) is 113 Å². The molecule has 2 rings (SSSR count). The predicted octanol–water partition coefficient (Wildman–Crippen LogP) is 1.12. The van der Waals surface area contributed by atoms with Gasteiger partial charge >= 0.3 is 6.03 Å². The second-order valence-corrected chi connectivity index (χ2v) is 6.60. The first kappa shape index (κ1) is 18.9. The van der Waals surface area contributed by atoms with Crippen molar-refractivity contribution >= 4 is 17.8 Å². The van der Waals surface area contributed by atoms with Crippen LogP contribution < -0.4 is 21.7 Å². The van der Waals surface area contributed by atoms with Crippen LogP contribution in [0.2, 0.25) is 0 Å². The first-order valence-corrected chi connectivity index (χ1v) is 8.52. The number of imide groups is 1. The van der Waals surface area contributed by atoms with Crippen molar-refractivity contribution in [1.82, 2.24) is 16.0 Å². The van der Waals surface area contributed by atoms with Gasteiger partial charge in [-0.25, -0.2) is 4.79 Å². The first-order valence-electron chi connectivity index (χ1n) is 8.52. The van der Waals surface area contributed by atoms with E-state index in [0.29, 0.717) is 31.5 Å². The summed E-state index contributed by atoms with van der Waals surface area (Å²) in [5, 5.41) is 7.80. The first-order chi connectivity index (χ1) is 11.8. The van der Waals surface area contributed by atoms with Crippen LogP contribution in [0.3, 0.4) is 0 Å². The third-order valence-electron chi connectivity index (χ3n) is 5.26. The van der Waals surface area contributed by atoms with Crippen LogP contribution in [0.1, 0.15) is 44.7 Å². The predicted molar refractivity (Wildman–Crippen MR) is 94.4 cm³/mol. The van der Waals surface area contributed by atoms with E-state index in [0.717, 1.165) is 5.56 Å². The van der Waals surface area contributed by atoms with Gasteiger partial charge in [-0.05, 0) is 30.9 Å². The Morgan fingerprint density at radius 2 is 1.80 bits per heavy atom. The molecule has 1 saturated heterocycles. The van der Waals surface area contributed by atoms with Gasteiger partial charge in [0.15, 0.2) is 0 Å². The maximum absolute atomic E-state index is 12.4. The van der Waals surface area contributed by atoms with Crippen LogP contribution in [0.25, 0.3) is 0 Å². The second kappa shape index (κ2) is 7.23. The summed E-state index contributed by atoms with van der Waals surface area (Å²) in [6.45, 7) is 6.29. The molecule has 25 heavy (non-hydrogen) atoms. The highest BCUT2D eigenvalue weighted by Gasteiger charge is 2.43. The van der Waals surface area contributed by atoms with Crippen LogP contribution in [0.15, 0.2) is 24.3 Å². The third kappa shape index (κ3) is 3.51. The Morgan fingerprint density at radius 1 is 1.20 bits per heavy atom. The second-order valence-electron chi connectivity index (χ2n) is 6.60. The third-order valence-corrected chi connectivity index (χ3v) is 5.26. The Labute approximate surface area is 147 Å². The molecule has 1 aromatic rings. The van der Waals surface area contributed by atoms with Crippen molar-refractivity contribution < 1.29 is 14.4 Å². The minimum absolute atomic E-state index is 0.0431. The van der Waals surface area contributed by atoms with Gasteiger partial charge in [-0.15, -0.1) is 0 Å². The minimum Gasteiger partial charge on any atom is -0.352 e. The van der Waals surface area contributed by atoms with Gasteiger partial charge in [0.1, 0.15) is 5.54 Å². The van der Waals surface area contributed by atoms with Gasteiger partial charge < -0.3 is 16.4 Å². The van der Waals surface area contributed by atoms with Crippen molar-refractivity contribution in [3.63, 3.8) is 0 Å². The molecule has 5 N–H and O–H groups in total. The molecule has 0 radical (unpaired) electrons. The Bertz CT molecular complexity index is 659. The number of hydrogen-bond donors (Lipinski definition) is 4. The summed E-state index contributed by atoms with van der Waals surface area (Å²) in [6.07, 6.45) is 1.38. The van der Waals surface area contributed by atoms with Crippen LogP contribution in [0.4, 0.5) is 4.79 Å². The monoisotopic (exact) mass is 346 g/mol. The Balaban J connectivity index is 2.05. The van der Waals surface area contributed by atoms with E-state index in [2.05, 4.69) is 16.0 Å². The highest BCUT2D eigenvalue weighted by atomic mass is 16.2. The summed E-state index contributed by atoms with van der Waals surface area (Å²) in [6, 6.07) is 6.73. The standard InChI is InChI=1S/C18H26N4O3/c1-4-18(5-2,11-19)15(24)20-10-12-6-8-13(9-7-12)17(3)14(23)21-16(25)22-17/h6-9H,4-5,10-11,19H2,1-3H3,(H,20,24)(H2,21,22,23,25). The molecule has 1 unspecified atom stereocenters. The zero-order valence-electron chi connectivity index (χ0n) is 14.9. The molecule has 1 atom stereocenters. The van der Waals surface area contributed by atoms with E-state index in [-0.39, 0.29) is 11.8 Å². The lowest BCUT2D eigenvalue weighted by Gasteiger charge is -2.28. The average Bonchev–Trinajstić information content (AvgIpc) is 2.88. The SMILES string of the molecule is CCC(CC)(CN)C(=O)NCc1ccc(C2(C)NC(=O)NC2=O)cc1.